The van der Waals surface area contributed by atoms with E-state index in [0.29, 0.717) is 5.56 Å². The summed E-state index contributed by atoms with van der Waals surface area (Å²) < 4.78 is 0. The third kappa shape index (κ3) is 5.21. The molecule has 0 spiro atoms. The van der Waals surface area contributed by atoms with Crippen molar-refractivity contribution >= 4 is 39.5 Å². The number of carboxylic acids is 1. The molecule has 0 unspecified atom stereocenters. The molecule has 0 amide bonds. The Labute approximate surface area is 148 Å². The van der Waals surface area contributed by atoms with Crippen molar-refractivity contribution in [2.75, 3.05) is 18.4 Å². The first-order valence-electron chi connectivity index (χ1n) is 7.33. The highest BCUT2D eigenvalue weighted by Crippen LogP contribution is 2.40. The number of hydrogen-bond donors (Lipinski definition) is 3. The lowest BCUT2D eigenvalue weighted by Gasteiger charge is -2.17. The van der Waals surface area contributed by atoms with Crippen LogP contribution in [-0.4, -0.2) is 30.5 Å². The van der Waals surface area contributed by atoms with E-state index in [1.54, 1.807) is 12.1 Å². The fraction of sp³-hybridized carbons (Fsp3) is 0.176. The maximum absolute atomic E-state index is 11.3. The fourth-order valence-electron chi connectivity index (χ4n) is 1.99. The van der Waals surface area contributed by atoms with Crippen molar-refractivity contribution in [2.24, 2.45) is 0 Å². The molecule has 0 saturated heterocycles. The Morgan fingerprint density at radius 1 is 1.25 bits per heavy atom. The van der Waals surface area contributed by atoms with Crippen LogP contribution in [0, 0.1) is 0 Å². The van der Waals surface area contributed by atoms with Crippen LogP contribution in [0.2, 0.25) is 0 Å². The average molecular weight is 362 g/mol. The SMILES string of the molecule is C=C/C=C(\C=C1/NCCCNc2ccc(C=O)cc2SS1)C(=O)O. The summed E-state index contributed by atoms with van der Waals surface area (Å²) in [5, 5.41) is 16.6. The second-order valence-corrected chi connectivity index (χ2v) is 7.13. The van der Waals surface area contributed by atoms with Crippen LogP contribution in [0.25, 0.3) is 0 Å². The van der Waals surface area contributed by atoms with Crippen molar-refractivity contribution < 1.29 is 14.7 Å². The van der Waals surface area contributed by atoms with Gasteiger partial charge in [0.1, 0.15) is 6.29 Å². The molecule has 3 N–H and O–H groups in total. The highest BCUT2D eigenvalue weighted by atomic mass is 33.1. The Kier molecular flexibility index (Phi) is 7.02. The van der Waals surface area contributed by atoms with E-state index in [4.69, 9.17) is 0 Å². The molecule has 0 bridgehead atoms. The Balaban J connectivity index is 2.28. The van der Waals surface area contributed by atoms with Crippen molar-refractivity contribution in [1.29, 1.82) is 0 Å². The topological polar surface area (TPSA) is 78.4 Å². The van der Waals surface area contributed by atoms with Gasteiger partial charge in [0.15, 0.2) is 0 Å². The third-order valence-electron chi connectivity index (χ3n) is 3.16. The van der Waals surface area contributed by atoms with Gasteiger partial charge in [-0.05, 0) is 58.4 Å². The van der Waals surface area contributed by atoms with E-state index in [0.717, 1.165) is 41.4 Å². The zero-order valence-corrected chi connectivity index (χ0v) is 14.6. The predicted molar refractivity (Wildman–Crippen MR) is 100 cm³/mol. The van der Waals surface area contributed by atoms with E-state index in [2.05, 4.69) is 17.2 Å². The van der Waals surface area contributed by atoms with Crippen LogP contribution in [-0.2, 0) is 4.79 Å². The Hall–Kier alpha value is -2.12. The van der Waals surface area contributed by atoms with Crippen molar-refractivity contribution in [1.82, 2.24) is 5.32 Å². The molecule has 2 rings (SSSR count). The van der Waals surface area contributed by atoms with E-state index in [1.165, 1.54) is 33.7 Å². The fourth-order valence-corrected chi connectivity index (χ4v) is 4.20. The molecule has 0 atom stereocenters. The molecule has 5 nitrogen and oxygen atoms in total. The molecule has 1 aliphatic heterocycles. The zero-order valence-electron chi connectivity index (χ0n) is 13.0. The maximum Gasteiger partial charge on any atom is 0.335 e. The molecule has 1 aromatic carbocycles. The molecular weight excluding hydrogens is 344 g/mol. The normalized spacial score (nSPS) is 17.2. The highest BCUT2D eigenvalue weighted by Gasteiger charge is 2.11. The van der Waals surface area contributed by atoms with Crippen LogP contribution in [0.5, 0.6) is 0 Å². The average Bonchev–Trinajstić information content (AvgIpc) is 2.59. The number of hydrogen-bond acceptors (Lipinski definition) is 6. The lowest BCUT2D eigenvalue weighted by Crippen LogP contribution is -2.17. The Bertz CT molecular complexity index is 699. The van der Waals surface area contributed by atoms with Gasteiger partial charge in [-0.15, -0.1) is 0 Å². The highest BCUT2D eigenvalue weighted by molar-refractivity contribution is 8.78. The number of carbonyl (C=O) groups is 2. The van der Waals surface area contributed by atoms with Crippen molar-refractivity contribution in [2.45, 2.75) is 11.3 Å². The molecule has 0 aliphatic carbocycles. The van der Waals surface area contributed by atoms with E-state index < -0.39 is 5.97 Å². The first-order chi connectivity index (χ1) is 11.6. The Morgan fingerprint density at radius 2 is 2.04 bits per heavy atom. The van der Waals surface area contributed by atoms with Gasteiger partial charge in [0.05, 0.1) is 10.6 Å². The number of rotatable bonds is 4. The first-order valence-corrected chi connectivity index (χ1v) is 9.48. The number of nitrogens with one attached hydrogen (secondary N) is 2. The molecule has 126 valence electrons. The number of aldehydes is 1. The largest absolute Gasteiger partial charge is 0.478 e. The summed E-state index contributed by atoms with van der Waals surface area (Å²) in [6.45, 7) is 5.06. The van der Waals surface area contributed by atoms with Gasteiger partial charge >= 0.3 is 5.97 Å². The monoisotopic (exact) mass is 362 g/mol. The van der Waals surface area contributed by atoms with Crippen LogP contribution in [0.4, 0.5) is 5.69 Å². The summed E-state index contributed by atoms with van der Waals surface area (Å²) in [6.07, 6.45) is 6.20. The Morgan fingerprint density at radius 3 is 2.75 bits per heavy atom. The number of anilines is 1. The third-order valence-corrected chi connectivity index (χ3v) is 5.53. The van der Waals surface area contributed by atoms with Crippen LogP contribution >= 0.6 is 21.6 Å². The van der Waals surface area contributed by atoms with Gasteiger partial charge in [0.25, 0.3) is 0 Å². The number of carbonyl (C=O) groups excluding carboxylic acids is 1. The molecule has 0 fully saturated rings. The van der Waals surface area contributed by atoms with Gasteiger partial charge in [-0.2, -0.15) is 0 Å². The van der Waals surface area contributed by atoms with Crippen molar-refractivity contribution in [3.05, 3.63) is 59.2 Å². The van der Waals surface area contributed by atoms with E-state index in [-0.39, 0.29) is 5.57 Å². The van der Waals surface area contributed by atoms with Gasteiger partial charge in [0.2, 0.25) is 0 Å². The van der Waals surface area contributed by atoms with Gasteiger partial charge in [-0.3, -0.25) is 4.79 Å². The van der Waals surface area contributed by atoms with Gasteiger partial charge in [-0.25, -0.2) is 4.79 Å². The van der Waals surface area contributed by atoms with Crippen LogP contribution in [0.15, 0.2) is 58.5 Å². The predicted octanol–water partition coefficient (Wildman–Crippen LogP) is 3.68. The molecule has 7 heteroatoms. The summed E-state index contributed by atoms with van der Waals surface area (Å²) in [4.78, 5) is 23.2. The van der Waals surface area contributed by atoms with Crippen LogP contribution in [0.1, 0.15) is 16.8 Å². The van der Waals surface area contributed by atoms with Crippen molar-refractivity contribution in [3.8, 4) is 0 Å². The summed E-state index contributed by atoms with van der Waals surface area (Å²) in [5.74, 6) is -1.00. The minimum Gasteiger partial charge on any atom is -0.478 e. The number of carboxylic acid groups (broad SMARTS) is 1. The maximum atomic E-state index is 11.3. The molecule has 0 aromatic heterocycles. The number of aliphatic carboxylic acids is 1. The van der Waals surface area contributed by atoms with E-state index in [1.807, 2.05) is 12.1 Å². The molecule has 24 heavy (non-hydrogen) atoms. The lowest BCUT2D eigenvalue weighted by atomic mass is 10.2. The lowest BCUT2D eigenvalue weighted by molar-refractivity contribution is -0.132. The van der Waals surface area contributed by atoms with E-state index in [9.17, 15) is 14.7 Å². The number of fused-ring (bicyclic) bond motifs is 1. The molecule has 0 radical (unpaired) electrons. The first kappa shape index (κ1) is 18.2. The van der Waals surface area contributed by atoms with Crippen LogP contribution < -0.4 is 10.6 Å². The molecule has 1 heterocycles. The minimum atomic E-state index is -1.00. The summed E-state index contributed by atoms with van der Waals surface area (Å²) >= 11 is 0. The minimum absolute atomic E-state index is 0.164. The number of benzene rings is 1. The molecule has 1 aromatic rings. The van der Waals surface area contributed by atoms with Crippen LogP contribution in [0.3, 0.4) is 0 Å². The smallest absolute Gasteiger partial charge is 0.335 e. The van der Waals surface area contributed by atoms with Gasteiger partial charge in [-0.1, -0.05) is 12.7 Å². The molecular formula is C17H18N2O3S2. The van der Waals surface area contributed by atoms with Gasteiger partial charge < -0.3 is 15.7 Å². The standard InChI is InChI=1S/C17H18N2O3S2/c1-2-4-13(17(21)22)10-16-19-8-3-7-18-14-6-5-12(11-20)9-15(14)23-24-16/h2,4-6,9-11,18-19H,1,3,7-8H2,(H,21,22)/b13-4+,16-10+. The summed E-state index contributed by atoms with van der Waals surface area (Å²) in [5.41, 5.74) is 1.74. The molecule has 1 aliphatic rings. The molecule has 0 saturated carbocycles. The number of allylic oxidation sites excluding steroid dienone is 2. The van der Waals surface area contributed by atoms with Crippen molar-refractivity contribution in [3.63, 3.8) is 0 Å². The quantitative estimate of drug-likeness (QED) is 0.326. The summed E-state index contributed by atoms with van der Waals surface area (Å²) in [6, 6.07) is 5.50. The summed E-state index contributed by atoms with van der Waals surface area (Å²) in [7, 11) is 2.90. The zero-order chi connectivity index (χ0) is 17.4. The van der Waals surface area contributed by atoms with Gasteiger partial charge in [0, 0.05) is 29.2 Å². The van der Waals surface area contributed by atoms with E-state index >= 15 is 0 Å². The second-order valence-electron chi connectivity index (χ2n) is 4.92. The second kappa shape index (κ2) is 9.24.